The van der Waals surface area contributed by atoms with Gasteiger partial charge in [0.05, 0.1) is 5.92 Å². The molecule has 0 N–H and O–H groups in total. The summed E-state index contributed by atoms with van der Waals surface area (Å²) in [7, 11) is 1.91. The summed E-state index contributed by atoms with van der Waals surface area (Å²) in [6.45, 7) is 1.01. The molecule has 2 atom stereocenters. The normalized spacial score (nSPS) is 23.0. The van der Waals surface area contributed by atoms with Crippen LogP contribution in [0.15, 0.2) is 36.7 Å². The van der Waals surface area contributed by atoms with Crippen molar-refractivity contribution in [3.05, 3.63) is 53.9 Å². The maximum atomic E-state index is 13.5. The minimum Gasteiger partial charge on any atom is -0.369 e. The van der Waals surface area contributed by atoms with Crippen molar-refractivity contribution >= 4 is 5.91 Å². The molecule has 0 unspecified atom stereocenters. The summed E-state index contributed by atoms with van der Waals surface area (Å²) in [4.78, 5) is 19.5. The molecule has 132 valence electrons. The molecule has 0 spiro atoms. The number of amides is 1. The Bertz CT molecular complexity index is 772. The van der Waals surface area contributed by atoms with Crippen molar-refractivity contribution < 1.29 is 13.9 Å². The van der Waals surface area contributed by atoms with Gasteiger partial charge in [0.2, 0.25) is 5.91 Å². The number of carbonyl (C=O) groups is 1. The van der Waals surface area contributed by atoms with E-state index in [9.17, 15) is 9.18 Å². The fraction of sp³-hybridized carbons (Fsp3) is 0.474. The van der Waals surface area contributed by atoms with Gasteiger partial charge < -0.3 is 14.2 Å². The summed E-state index contributed by atoms with van der Waals surface area (Å²) in [5.74, 6) is 0.389. The lowest BCUT2D eigenvalue weighted by Gasteiger charge is -2.28. The largest absolute Gasteiger partial charge is 0.369 e. The molecule has 2 aromatic rings. The van der Waals surface area contributed by atoms with Gasteiger partial charge in [-0.25, -0.2) is 9.37 Å². The van der Waals surface area contributed by atoms with Crippen LogP contribution in [0.5, 0.6) is 0 Å². The second kappa shape index (κ2) is 6.59. The minimum absolute atomic E-state index is 0.0947. The average Bonchev–Trinajstić information content (AvgIpc) is 3.16. The third-order valence-corrected chi connectivity index (χ3v) is 5.03. The number of nitrogens with zero attached hydrogens (tertiary/aromatic N) is 3. The van der Waals surface area contributed by atoms with E-state index in [1.807, 2.05) is 28.8 Å². The highest BCUT2D eigenvalue weighted by Crippen LogP contribution is 2.38. The number of hydrogen-bond donors (Lipinski definition) is 0. The van der Waals surface area contributed by atoms with E-state index >= 15 is 0 Å². The highest BCUT2D eigenvalue weighted by Gasteiger charge is 2.43. The highest BCUT2D eigenvalue weighted by molar-refractivity contribution is 5.80. The number of aryl methyl sites for hydroxylation is 1. The van der Waals surface area contributed by atoms with Gasteiger partial charge in [-0.05, 0) is 37.0 Å². The molecule has 0 bridgehead atoms. The van der Waals surface area contributed by atoms with Gasteiger partial charge in [-0.15, -0.1) is 0 Å². The van der Waals surface area contributed by atoms with E-state index < -0.39 is 0 Å². The number of hydrogen-bond acceptors (Lipinski definition) is 3. The lowest BCUT2D eigenvalue weighted by molar-refractivity contribution is -0.139. The van der Waals surface area contributed by atoms with E-state index in [-0.39, 0.29) is 29.8 Å². The molecule has 2 fully saturated rings. The molecule has 1 amide bonds. The molecule has 4 rings (SSSR count). The number of ether oxygens (including phenoxy) is 1. The Balaban J connectivity index is 1.55. The number of aromatic nitrogens is 2. The predicted octanol–water partition coefficient (Wildman–Crippen LogP) is 2.83. The SMILES string of the molecule is Cn1ccnc1[C@@H]1OCC[C@H]1C(=O)N(Cc1cccc(F)c1)C1CC1. The Labute approximate surface area is 146 Å². The zero-order valence-corrected chi connectivity index (χ0v) is 14.3. The lowest BCUT2D eigenvalue weighted by Crippen LogP contribution is -2.38. The van der Waals surface area contributed by atoms with Crippen molar-refractivity contribution in [1.29, 1.82) is 0 Å². The van der Waals surface area contributed by atoms with Crippen LogP contribution in [0.4, 0.5) is 4.39 Å². The third-order valence-electron chi connectivity index (χ3n) is 5.03. The Hall–Kier alpha value is -2.21. The Morgan fingerprint density at radius 2 is 2.24 bits per heavy atom. The molecule has 1 aliphatic heterocycles. The van der Waals surface area contributed by atoms with E-state index in [0.29, 0.717) is 19.6 Å². The van der Waals surface area contributed by atoms with Gasteiger partial charge in [-0.2, -0.15) is 0 Å². The summed E-state index contributed by atoms with van der Waals surface area (Å²) in [5.41, 5.74) is 0.827. The molecular formula is C19H22FN3O2. The first kappa shape index (κ1) is 16.3. The van der Waals surface area contributed by atoms with Crippen molar-refractivity contribution in [2.24, 2.45) is 13.0 Å². The van der Waals surface area contributed by atoms with E-state index in [1.165, 1.54) is 12.1 Å². The van der Waals surface area contributed by atoms with E-state index in [1.54, 1.807) is 12.3 Å². The Kier molecular flexibility index (Phi) is 4.29. The molecule has 1 aromatic heterocycles. The summed E-state index contributed by atoms with van der Waals surface area (Å²) in [5, 5.41) is 0. The summed E-state index contributed by atoms with van der Waals surface area (Å²) >= 11 is 0. The van der Waals surface area contributed by atoms with Gasteiger partial charge in [-0.3, -0.25) is 4.79 Å². The smallest absolute Gasteiger partial charge is 0.229 e. The van der Waals surface area contributed by atoms with Gasteiger partial charge in [0.1, 0.15) is 17.7 Å². The second-order valence-electron chi connectivity index (χ2n) is 6.91. The van der Waals surface area contributed by atoms with Crippen LogP contribution in [0.25, 0.3) is 0 Å². The Morgan fingerprint density at radius 3 is 2.92 bits per heavy atom. The van der Waals surface area contributed by atoms with Crippen molar-refractivity contribution in [2.75, 3.05) is 6.61 Å². The van der Waals surface area contributed by atoms with Crippen LogP contribution in [-0.4, -0.2) is 33.0 Å². The molecule has 0 radical (unpaired) electrons. The van der Waals surface area contributed by atoms with Crippen molar-refractivity contribution in [3.8, 4) is 0 Å². The molecule has 25 heavy (non-hydrogen) atoms. The van der Waals surface area contributed by atoms with Crippen LogP contribution in [0, 0.1) is 11.7 Å². The zero-order chi connectivity index (χ0) is 17.4. The van der Waals surface area contributed by atoms with Gasteiger partial charge in [0, 0.05) is 38.6 Å². The zero-order valence-electron chi connectivity index (χ0n) is 14.3. The standard InChI is InChI=1S/C19H22FN3O2/c1-22-9-8-21-18(22)17-16(7-10-25-17)19(24)23(15-5-6-15)12-13-3-2-4-14(20)11-13/h2-4,8-9,11,15-17H,5-7,10,12H2,1H3/t16-,17-/m1/s1. The first-order chi connectivity index (χ1) is 12.1. The number of carbonyl (C=O) groups excluding carboxylic acids is 1. The van der Waals surface area contributed by atoms with E-state index in [0.717, 1.165) is 24.2 Å². The van der Waals surface area contributed by atoms with Gasteiger partial charge >= 0.3 is 0 Å². The molecule has 2 heterocycles. The maximum absolute atomic E-state index is 13.5. The number of rotatable bonds is 5. The number of halogens is 1. The molecule has 1 saturated carbocycles. The van der Waals surface area contributed by atoms with Crippen LogP contribution in [0.1, 0.15) is 36.8 Å². The highest BCUT2D eigenvalue weighted by atomic mass is 19.1. The maximum Gasteiger partial charge on any atom is 0.229 e. The van der Waals surface area contributed by atoms with Crippen LogP contribution in [0.2, 0.25) is 0 Å². The Morgan fingerprint density at radius 1 is 1.40 bits per heavy atom. The summed E-state index contributed by atoms with van der Waals surface area (Å²) in [6.07, 6.45) is 6.02. The van der Waals surface area contributed by atoms with Crippen molar-refractivity contribution in [2.45, 2.75) is 38.0 Å². The average molecular weight is 343 g/mol. The first-order valence-electron chi connectivity index (χ1n) is 8.77. The van der Waals surface area contributed by atoms with Crippen LogP contribution in [-0.2, 0) is 23.1 Å². The summed E-state index contributed by atoms with van der Waals surface area (Å²) in [6, 6.07) is 6.75. The third kappa shape index (κ3) is 3.31. The molecular weight excluding hydrogens is 321 g/mol. The molecule has 1 aromatic carbocycles. The monoisotopic (exact) mass is 343 g/mol. The lowest BCUT2D eigenvalue weighted by atomic mass is 9.98. The van der Waals surface area contributed by atoms with E-state index in [4.69, 9.17) is 4.74 Å². The van der Waals surface area contributed by atoms with Crippen LogP contribution < -0.4 is 0 Å². The van der Waals surface area contributed by atoms with E-state index in [2.05, 4.69) is 4.98 Å². The molecule has 5 nitrogen and oxygen atoms in total. The molecule has 1 saturated heterocycles. The number of benzene rings is 1. The molecule has 2 aliphatic rings. The summed E-state index contributed by atoms with van der Waals surface area (Å²) < 4.78 is 21.2. The van der Waals surface area contributed by atoms with Gasteiger partial charge in [0.25, 0.3) is 0 Å². The second-order valence-corrected chi connectivity index (χ2v) is 6.91. The fourth-order valence-corrected chi connectivity index (χ4v) is 3.57. The minimum atomic E-state index is -0.304. The number of imidazole rings is 1. The molecule has 6 heteroatoms. The predicted molar refractivity (Wildman–Crippen MR) is 90.0 cm³/mol. The van der Waals surface area contributed by atoms with Crippen molar-refractivity contribution in [1.82, 2.24) is 14.5 Å². The van der Waals surface area contributed by atoms with Crippen molar-refractivity contribution in [3.63, 3.8) is 0 Å². The topological polar surface area (TPSA) is 47.4 Å². The van der Waals surface area contributed by atoms with Gasteiger partial charge in [-0.1, -0.05) is 12.1 Å². The molecule has 1 aliphatic carbocycles. The quantitative estimate of drug-likeness (QED) is 0.839. The first-order valence-corrected chi connectivity index (χ1v) is 8.77. The van der Waals surface area contributed by atoms with Crippen LogP contribution in [0.3, 0.4) is 0 Å². The fourth-order valence-electron chi connectivity index (χ4n) is 3.57. The van der Waals surface area contributed by atoms with Crippen LogP contribution >= 0.6 is 0 Å². The van der Waals surface area contributed by atoms with Gasteiger partial charge in [0.15, 0.2) is 0 Å².